The minimum atomic E-state index is -3.48. The molecule has 2 aromatic carbocycles. The Labute approximate surface area is 206 Å². The minimum absolute atomic E-state index is 0.116. The van der Waals surface area contributed by atoms with Crippen molar-refractivity contribution >= 4 is 54.0 Å². The molecule has 0 radical (unpaired) electrons. The maximum Gasteiger partial charge on any atom is 0.230 e. The lowest BCUT2D eigenvalue weighted by molar-refractivity contribution is -0.118. The molecule has 0 aliphatic carbocycles. The Balaban J connectivity index is 1.60. The third-order valence-corrected chi connectivity index (χ3v) is 8.24. The number of ether oxygens (including phenoxy) is 1. The highest BCUT2D eigenvalue weighted by Crippen LogP contribution is 2.39. The number of nitrogens with zero attached hydrogens (tertiary/aromatic N) is 3. The van der Waals surface area contributed by atoms with E-state index in [1.165, 1.54) is 23.3 Å². The number of hydrogen-bond donors (Lipinski definition) is 0. The number of sulfone groups is 1. The molecule has 2 heterocycles. The van der Waals surface area contributed by atoms with Gasteiger partial charge in [0.2, 0.25) is 5.91 Å². The van der Waals surface area contributed by atoms with Crippen molar-refractivity contribution in [2.75, 3.05) is 17.8 Å². The molecule has 7 nitrogen and oxygen atoms in total. The van der Waals surface area contributed by atoms with Crippen LogP contribution in [0.15, 0.2) is 66.9 Å². The molecule has 0 fully saturated rings. The van der Waals surface area contributed by atoms with Crippen molar-refractivity contribution in [3.8, 4) is 5.75 Å². The molecule has 0 aliphatic heterocycles. The fourth-order valence-electron chi connectivity index (χ4n) is 3.42. The molecule has 4 aromatic rings. The van der Waals surface area contributed by atoms with Gasteiger partial charge in [0.15, 0.2) is 15.0 Å². The van der Waals surface area contributed by atoms with Crippen LogP contribution in [0.4, 0.5) is 5.13 Å². The van der Waals surface area contributed by atoms with Gasteiger partial charge in [-0.05, 0) is 29.8 Å². The molecule has 176 valence electrons. The Bertz CT molecular complexity index is 1390. The maximum absolute atomic E-state index is 13.3. The van der Waals surface area contributed by atoms with Gasteiger partial charge < -0.3 is 4.74 Å². The van der Waals surface area contributed by atoms with E-state index in [9.17, 15) is 13.2 Å². The molecule has 34 heavy (non-hydrogen) atoms. The predicted molar refractivity (Wildman–Crippen MR) is 135 cm³/mol. The molecule has 0 N–H and O–H groups in total. The average Bonchev–Trinajstić information content (AvgIpc) is 3.28. The van der Waals surface area contributed by atoms with E-state index >= 15 is 0 Å². The fraction of sp³-hybridized carbons (Fsp3) is 0.208. The standard InChI is InChI=1S/C24H22ClN3O4S2/c1-32-20-11-10-19(25)23-22(20)27-24(33-23)28(15-18-9-5-6-13-26-18)21(29)12-14-34(30,31)16-17-7-3-2-4-8-17/h2-11,13H,12,14-16H2,1H3. The van der Waals surface area contributed by atoms with Crippen LogP contribution >= 0.6 is 22.9 Å². The number of benzene rings is 2. The van der Waals surface area contributed by atoms with Gasteiger partial charge in [-0.25, -0.2) is 13.4 Å². The second-order valence-electron chi connectivity index (χ2n) is 7.55. The van der Waals surface area contributed by atoms with E-state index in [0.29, 0.717) is 37.4 Å². The number of hydrogen-bond acceptors (Lipinski definition) is 7. The Hall–Kier alpha value is -3.01. The fourth-order valence-corrected chi connectivity index (χ4v) is 6.02. The normalized spacial score (nSPS) is 11.5. The van der Waals surface area contributed by atoms with Crippen LogP contribution in [0.3, 0.4) is 0 Å². The molecular weight excluding hydrogens is 494 g/mol. The number of aromatic nitrogens is 2. The number of carbonyl (C=O) groups excluding carboxylic acids is 1. The van der Waals surface area contributed by atoms with Crippen molar-refractivity contribution < 1.29 is 17.9 Å². The molecule has 0 unspecified atom stereocenters. The number of pyridine rings is 1. The number of amides is 1. The number of thiazole rings is 1. The minimum Gasteiger partial charge on any atom is -0.494 e. The Morgan fingerprint density at radius 3 is 2.56 bits per heavy atom. The van der Waals surface area contributed by atoms with E-state index in [0.717, 1.165) is 0 Å². The van der Waals surface area contributed by atoms with Crippen molar-refractivity contribution in [2.24, 2.45) is 0 Å². The van der Waals surface area contributed by atoms with Gasteiger partial charge in [0.25, 0.3) is 0 Å². The Kier molecular flexibility index (Phi) is 7.45. The van der Waals surface area contributed by atoms with E-state index < -0.39 is 9.84 Å². The molecule has 0 saturated heterocycles. The van der Waals surface area contributed by atoms with Gasteiger partial charge in [0.05, 0.1) is 40.6 Å². The Morgan fingerprint density at radius 1 is 1.09 bits per heavy atom. The van der Waals surface area contributed by atoms with Crippen LogP contribution in [0, 0.1) is 0 Å². The molecule has 0 aliphatic rings. The summed E-state index contributed by atoms with van der Waals surface area (Å²) in [6.45, 7) is 0.151. The SMILES string of the molecule is COc1ccc(Cl)c2sc(N(Cc3ccccn3)C(=O)CCS(=O)(=O)Cc3ccccc3)nc12. The lowest BCUT2D eigenvalue weighted by Gasteiger charge is -2.19. The van der Waals surface area contributed by atoms with Crippen LogP contribution in [0.25, 0.3) is 10.2 Å². The van der Waals surface area contributed by atoms with Crippen LogP contribution in [0.1, 0.15) is 17.7 Å². The molecular formula is C24H22ClN3O4S2. The van der Waals surface area contributed by atoms with Gasteiger partial charge in [-0.2, -0.15) is 0 Å². The number of rotatable bonds is 9. The van der Waals surface area contributed by atoms with Gasteiger partial charge in [-0.3, -0.25) is 14.7 Å². The molecule has 4 rings (SSSR count). The van der Waals surface area contributed by atoms with Gasteiger partial charge in [-0.15, -0.1) is 0 Å². The first-order valence-electron chi connectivity index (χ1n) is 10.4. The topological polar surface area (TPSA) is 89.5 Å². The molecule has 0 bridgehead atoms. The summed E-state index contributed by atoms with van der Waals surface area (Å²) in [7, 11) is -1.94. The number of halogens is 1. The van der Waals surface area contributed by atoms with Crippen molar-refractivity contribution in [3.63, 3.8) is 0 Å². The second-order valence-corrected chi connectivity index (χ2v) is 11.1. The summed E-state index contributed by atoms with van der Waals surface area (Å²) in [5, 5.41) is 0.896. The van der Waals surface area contributed by atoms with Gasteiger partial charge in [-0.1, -0.05) is 59.3 Å². The summed E-state index contributed by atoms with van der Waals surface area (Å²) in [6.07, 6.45) is 1.46. The molecule has 0 spiro atoms. The summed E-state index contributed by atoms with van der Waals surface area (Å²) in [6, 6.07) is 17.8. The van der Waals surface area contributed by atoms with Crippen LogP contribution in [0.2, 0.25) is 5.02 Å². The molecule has 1 amide bonds. The largest absolute Gasteiger partial charge is 0.494 e. The van der Waals surface area contributed by atoms with Crippen LogP contribution in [0.5, 0.6) is 5.75 Å². The first kappa shape index (κ1) is 24.1. The average molecular weight is 516 g/mol. The zero-order valence-electron chi connectivity index (χ0n) is 18.3. The lowest BCUT2D eigenvalue weighted by atomic mass is 10.2. The number of carbonyl (C=O) groups is 1. The zero-order chi connectivity index (χ0) is 24.1. The van der Waals surface area contributed by atoms with Gasteiger partial charge in [0.1, 0.15) is 11.3 Å². The predicted octanol–water partition coefficient (Wildman–Crippen LogP) is 4.89. The van der Waals surface area contributed by atoms with Crippen molar-refractivity contribution in [1.82, 2.24) is 9.97 Å². The summed E-state index contributed by atoms with van der Waals surface area (Å²) < 4.78 is 31.4. The Morgan fingerprint density at radius 2 is 1.85 bits per heavy atom. The van der Waals surface area contributed by atoms with E-state index in [2.05, 4.69) is 9.97 Å². The number of anilines is 1. The second kappa shape index (κ2) is 10.5. The molecule has 10 heteroatoms. The van der Waals surface area contributed by atoms with Crippen molar-refractivity contribution in [2.45, 2.75) is 18.7 Å². The van der Waals surface area contributed by atoms with Crippen molar-refractivity contribution in [1.29, 1.82) is 0 Å². The summed E-state index contributed by atoms with van der Waals surface area (Å²) >= 11 is 7.61. The third kappa shape index (κ3) is 5.72. The highest BCUT2D eigenvalue weighted by molar-refractivity contribution is 7.90. The van der Waals surface area contributed by atoms with Crippen LogP contribution in [-0.4, -0.2) is 37.2 Å². The van der Waals surface area contributed by atoms with Crippen LogP contribution < -0.4 is 9.64 Å². The summed E-state index contributed by atoms with van der Waals surface area (Å²) in [5.74, 6) is -0.210. The van der Waals surface area contributed by atoms with E-state index in [-0.39, 0.29) is 30.4 Å². The number of methoxy groups -OCH3 is 1. The third-order valence-electron chi connectivity index (χ3n) is 5.10. The molecule has 2 aromatic heterocycles. The summed E-state index contributed by atoms with van der Waals surface area (Å²) in [5.41, 5.74) is 1.89. The lowest BCUT2D eigenvalue weighted by Crippen LogP contribution is -2.32. The smallest absolute Gasteiger partial charge is 0.230 e. The highest BCUT2D eigenvalue weighted by Gasteiger charge is 2.24. The van der Waals surface area contributed by atoms with E-state index in [1.807, 2.05) is 12.1 Å². The highest BCUT2D eigenvalue weighted by atomic mass is 35.5. The van der Waals surface area contributed by atoms with Gasteiger partial charge in [0, 0.05) is 12.6 Å². The van der Waals surface area contributed by atoms with Crippen molar-refractivity contribution in [3.05, 3.63) is 83.1 Å². The maximum atomic E-state index is 13.3. The van der Waals surface area contributed by atoms with E-state index in [1.54, 1.807) is 54.7 Å². The molecule has 0 saturated carbocycles. The monoisotopic (exact) mass is 515 g/mol. The zero-order valence-corrected chi connectivity index (χ0v) is 20.7. The first-order valence-corrected chi connectivity index (χ1v) is 13.5. The molecule has 0 atom stereocenters. The van der Waals surface area contributed by atoms with Gasteiger partial charge >= 0.3 is 0 Å². The van der Waals surface area contributed by atoms with E-state index in [4.69, 9.17) is 16.3 Å². The quantitative estimate of drug-likeness (QED) is 0.315. The number of fused-ring (bicyclic) bond motifs is 1. The van der Waals surface area contributed by atoms with Crippen LogP contribution in [-0.2, 0) is 26.9 Å². The first-order chi connectivity index (χ1) is 16.4. The summed E-state index contributed by atoms with van der Waals surface area (Å²) in [4.78, 5) is 23.7.